The molecule has 0 aliphatic heterocycles. The van der Waals surface area contributed by atoms with Gasteiger partial charge in [-0.25, -0.2) is 15.0 Å². The zero-order valence-electron chi connectivity index (χ0n) is 25.5. The summed E-state index contributed by atoms with van der Waals surface area (Å²) in [4.78, 5) is 15.4. The number of aromatic nitrogens is 4. The van der Waals surface area contributed by atoms with Crippen molar-refractivity contribution in [1.82, 2.24) is 19.5 Å². The lowest BCUT2D eigenvalue weighted by Crippen LogP contribution is -1.97. The number of hydrogen-bond donors (Lipinski definition) is 0. The molecule has 4 nitrogen and oxygen atoms in total. The Kier molecular flexibility index (Phi) is 6.43. The summed E-state index contributed by atoms with van der Waals surface area (Å²) in [5, 5.41) is 2.31. The molecule has 0 saturated carbocycles. The van der Waals surface area contributed by atoms with Gasteiger partial charge in [0, 0.05) is 22.4 Å². The van der Waals surface area contributed by atoms with Crippen molar-refractivity contribution in [2.75, 3.05) is 0 Å². The van der Waals surface area contributed by atoms with Crippen molar-refractivity contribution in [3.8, 4) is 50.7 Å². The maximum Gasteiger partial charge on any atom is 0.145 e. The van der Waals surface area contributed by atoms with Crippen molar-refractivity contribution in [1.29, 1.82) is 0 Å². The van der Waals surface area contributed by atoms with Gasteiger partial charge >= 0.3 is 0 Å². The molecule has 0 spiro atoms. The topological polar surface area (TPSA) is 43.6 Å². The molecule has 47 heavy (non-hydrogen) atoms. The van der Waals surface area contributed by atoms with Gasteiger partial charge < -0.3 is 0 Å². The first-order valence-electron chi connectivity index (χ1n) is 15.8. The highest BCUT2D eigenvalue weighted by atomic mass is 15.1. The fraction of sp³-hybridized carbons (Fsp3) is 0. The van der Waals surface area contributed by atoms with Crippen molar-refractivity contribution in [2.24, 2.45) is 0 Å². The minimum absolute atomic E-state index is 0.882. The molecule has 0 aliphatic rings. The number of imidazole rings is 1. The first kappa shape index (κ1) is 27.0. The normalized spacial score (nSPS) is 11.4. The molecule has 7 aromatic carbocycles. The monoisotopic (exact) mass is 600 g/mol. The summed E-state index contributed by atoms with van der Waals surface area (Å²) in [7, 11) is 0. The molecular weight excluding hydrogens is 573 g/mol. The predicted octanol–water partition coefficient (Wildman–Crippen LogP) is 10.8. The number of nitrogens with zero attached hydrogens (tertiary/aromatic N) is 4. The lowest BCUT2D eigenvalue weighted by atomic mass is 9.93. The van der Waals surface area contributed by atoms with Crippen LogP contribution in [0.2, 0.25) is 0 Å². The van der Waals surface area contributed by atoms with Gasteiger partial charge in [-0.2, -0.15) is 0 Å². The maximum atomic E-state index is 5.20. The molecule has 0 unspecified atom stereocenters. The molecule has 0 amide bonds. The van der Waals surface area contributed by atoms with Crippen LogP contribution in [0.5, 0.6) is 0 Å². The van der Waals surface area contributed by atoms with Crippen molar-refractivity contribution in [3.63, 3.8) is 0 Å². The van der Waals surface area contributed by atoms with Gasteiger partial charge in [-0.3, -0.25) is 4.57 Å². The van der Waals surface area contributed by atoms with E-state index in [9.17, 15) is 0 Å². The Hall–Kier alpha value is -6.39. The minimum Gasteiger partial charge on any atom is -0.292 e. The third kappa shape index (κ3) is 4.66. The van der Waals surface area contributed by atoms with Gasteiger partial charge in [0.05, 0.1) is 33.5 Å². The smallest absolute Gasteiger partial charge is 0.145 e. The van der Waals surface area contributed by atoms with E-state index in [2.05, 4.69) is 132 Å². The summed E-state index contributed by atoms with van der Waals surface area (Å²) in [5.74, 6) is 0.924. The SMILES string of the molecule is c1ccc(-c2nc3ccccc3nc2-c2cccc3c(-c4ccc(-c5nc6ccccc6n5-c5ccccc5)cc4)cccc23)cc1. The Labute approximate surface area is 272 Å². The van der Waals surface area contributed by atoms with Crippen molar-refractivity contribution in [2.45, 2.75) is 0 Å². The molecule has 9 aromatic rings. The van der Waals surface area contributed by atoms with Gasteiger partial charge in [-0.1, -0.05) is 133 Å². The summed E-state index contributed by atoms with van der Waals surface area (Å²) < 4.78 is 2.24. The standard InChI is InChI=1S/C43H28N4/c1-3-13-30(14-4-1)41-42(45-38-22-8-7-21-37(38)44-41)36-20-12-18-34-33(17-11-19-35(34)36)29-25-27-31(28-26-29)43-46-39-23-9-10-24-40(39)47(43)32-15-5-2-6-16-32/h1-28H. The van der Waals surface area contributed by atoms with Crippen LogP contribution in [-0.4, -0.2) is 19.5 Å². The van der Waals surface area contributed by atoms with E-state index in [1.807, 2.05) is 42.5 Å². The van der Waals surface area contributed by atoms with Crippen molar-refractivity contribution >= 4 is 32.8 Å². The molecule has 0 aliphatic carbocycles. The van der Waals surface area contributed by atoms with Crippen molar-refractivity contribution < 1.29 is 0 Å². The lowest BCUT2D eigenvalue weighted by Gasteiger charge is -2.15. The van der Waals surface area contributed by atoms with Crippen LogP contribution in [0.25, 0.3) is 83.6 Å². The van der Waals surface area contributed by atoms with E-state index in [0.717, 1.165) is 72.6 Å². The van der Waals surface area contributed by atoms with Crippen LogP contribution in [-0.2, 0) is 0 Å². The highest BCUT2D eigenvalue weighted by molar-refractivity contribution is 6.06. The largest absolute Gasteiger partial charge is 0.292 e. The molecule has 0 fully saturated rings. The molecule has 0 atom stereocenters. The van der Waals surface area contributed by atoms with Crippen LogP contribution >= 0.6 is 0 Å². The highest BCUT2D eigenvalue weighted by Gasteiger charge is 2.18. The summed E-state index contributed by atoms with van der Waals surface area (Å²) in [5.41, 5.74) is 12.2. The second-order valence-electron chi connectivity index (χ2n) is 11.7. The molecule has 2 aromatic heterocycles. The molecule has 4 heteroatoms. The highest BCUT2D eigenvalue weighted by Crippen LogP contribution is 2.39. The van der Waals surface area contributed by atoms with E-state index >= 15 is 0 Å². The molecule has 0 N–H and O–H groups in total. The quantitative estimate of drug-likeness (QED) is 0.197. The van der Waals surface area contributed by atoms with Crippen LogP contribution in [0.3, 0.4) is 0 Å². The van der Waals surface area contributed by atoms with Crippen LogP contribution in [0.15, 0.2) is 170 Å². The average molecular weight is 601 g/mol. The summed E-state index contributed by atoms with van der Waals surface area (Å²) in [6.45, 7) is 0. The zero-order valence-corrected chi connectivity index (χ0v) is 25.5. The van der Waals surface area contributed by atoms with E-state index in [1.54, 1.807) is 0 Å². The van der Waals surface area contributed by atoms with E-state index in [0.29, 0.717) is 0 Å². The fourth-order valence-corrected chi connectivity index (χ4v) is 6.61. The predicted molar refractivity (Wildman–Crippen MR) is 193 cm³/mol. The molecule has 0 bridgehead atoms. The molecule has 220 valence electrons. The molecule has 9 rings (SSSR count). The lowest BCUT2D eigenvalue weighted by molar-refractivity contribution is 1.10. The van der Waals surface area contributed by atoms with Crippen LogP contribution < -0.4 is 0 Å². The number of rotatable bonds is 5. The molecule has 0 saturated heterocycles. The van der Waals surface area contributed by atoms with E-state index in [4.69, 9.17) is 15.0 Å². The van der Waals surface area contributed by atoms with Gasteiger partial charge in [-0.15, -0.1) is 0 Å². The van der Waals surface area contributed by atoms with E-state index < -0.39 is 0 Å². The van der Waals surface area contributed by atoms with Gasteiger partial charge in [0.15, 0.2) is 0 Å². The minimum atomic E-state index is 0.882. The Bertz CT molecular complexity index is 2550. The third-order valence-electron chi connectivity index (χ3n) is 8.82. The Balaban J connectivity index is 1.18. The number of fused-ring (bicyclic) bond motifs is 3. The summed E-state index contributed by atoms with van der Waals surface area (Å²) in [6, 6.07) is 59.0. The molecule has 2 heterocycles. The van der Waals surface area contributed by atoms with Crippen molar-refractivity contribution in [3.05, 3.63) is 170 Å². The van der Waals surface area contributed by atoms with Gasteiger partial charge in [0.25, 0.3) is 0 Å². The van der Waals surface area contributed by atoms with Crippen LogP contribution in [0, 0.1) is 0 Å². The molecular formula is C43H28N4. The second-order valence-corrected chi connectivity index (χ2v) is 11.7. The van der Waals surface area contributed by atoms with Gasteiger partial charge in [0.1, 0.15) is 5.82 Å². The first-order valence-corrected chi connectivity index (χ1v) is 15.8. The first-order chi connectivity index (χ1) is 23.3. The number of para-hydroxylation sites is 5. The van der Waals surface area contributed by atoms with Crippen LogP contribution in [0.1, 0.15) is 0 Å². The Morgan fingerprint density at radius 2 is 0.894 bits per heavy atom. The van der Waals surface area contributed by atoms with E-state index in [-0.39, 0.29) is 0 Å². The second kappa shape index (κ2) is 11.2. The summed E-state index contributed by atoms with van der Waals surface area (Å²) in [6.07, 6.45) is 0. The Morgan fingerprint density at radius 1 is 0.340 bits per heavy atom. The maximum absolute atomic E-state index is 5.20. The average Bonchev–Trinajstić information content (AvgIpc) is 3.54. The Morgan fingerprint density at radius 3 is 1.62 bits per heavy atom. The van der Waals surface area contributed by atoms with Gasteiger partial charge in [-0.05, 0) is 58.3 Å². The third-order valence-corrected chi connectivity index (χ3v) is 8.82. The summed E-state index contributed by atoms with van der Waals surface area (Å²) >= 11 is 0. The number of hydrogen-bond acceptors (Lipinski definition) is 3. The molecule has 0 radical (unpaired) electrons. The van der Waals surface area contributed by atoms with Crippen LogP contribution in [0.4, 0.5) is 0 Å². The van der Waals surface area contributed by atoms with Gasteiger partial charge in [0.2, 0.25) is 0 Å². The zero-order chi connectivity index (χ0) is 31.2. The van der Waals surface area contributed by atoms with E-state index in [1.165, 1.54) is 10.9 Å². The fourth-order valence-electron chi connectivity index (χ4n) is 6.61. The number of benzene rings is 7.